The molecule has 0 atom stereocenters. The largest absolute Gasteiger partial charge is 0.575 e. The molecule has 0 bridgehead atoms. The maximum absolute atomic E-state index is 12.3. The molecule has 0 aromatic heterocycles. The van der Waals surface area contributed by atoms with Gasteiger partial charge in [0.15, 0.2) is 0 Å². The lowest BCUT2D eigenvalue weighted by Crippen LogP contribution is -2.35. The molecule has 0 amide bonds. The zero-order valence-electron chi connectivity index (χ0n) is 8.62. The Bertz CT molecular complexity index is 338. The number of ether oxygens (including phenoxy) is 1. The second-order valence-electron chi connectivity index (χ2n) is 3.13. The number of hydrogen-bond donors (Lipinski definition) is 0. The molecule has 0 aliphatic rings. The lowest BCUT2D eigenvalue weighted by Gasteiger charge is -2.17. The Balaban J connectivity index is 4.68. The summed E-state index contributed by atoms with van der Waals surface area (Å²) in [6.45, 7) is 0.626. The highest BCUT2D eigenvalue weighted by Crippen LogP contribution is 2.38. The molecule has 0 spiro atoms. The second-order valence-corrected chi connectivity index (χ2v) is 3.13. The first-order valence-electron chi connectivity index (χ1n) is 4.17. The third-order valence-electron chi connectivity index (χ3n) is 1.61. The van der Waals surface area contributed by atoms with Crippen LogP contribution in [0.3, 0.4) is 0 Å². The molecule has 0 radical (unpaired) electrons. The molecular formula is C8H6F8O2. The van der Waals surface area contributed by atoms with E-state index in [0.29, 0.717) is 6.92 Å². The van der Waals surface area contributed by atoms with Crippen LogP contribution in [-0.2, 0) is 9.53 Å². The van der Waals surface area contributed by atoms with Gasteiger partial charge in [-0.05, 0) is 6.92 Å². The van der Waals surface area contributed by atoms with Crippen LogP contribution in [0.25, 0.3) is 0 Å². The van der Waals surface area contributed by atoms with E-state index in [1.54, 1.807) is 0 Å². The first-order valence-corrected chi connectivity index (χ1v) is 4.17. The minimum Gasteiger partial charge on any atom is -0.369 e. The number of halogens is 8. The van der Waals surface area contributed by atoms with Crippen molar-refractivity contribution in [2.75, 3.05) is 0 Å². The van der Waals surface area contributed by atoms with Crippen molar-refractivity contribution in [3.8, 4) is 0 Å². The number of alkyl halides is 8. The normalized spacial score (nSPS) is 14.6. The van der Waals surface area contributed by atoms with E-state index in [9.17, 15) is 39.9 Å². The molecule has 0 N–H and O–H groups in total. The molecule has 0 fully saturated rings. The first-order chi connectivity index (χ1) is 7.76. The van der Waals surface area contributed by atoms with Crippen molar-refractivity contribution in [3.63, 3.8) is 0 Å². The van der Waals surface area contributed by atoms with Crippen LogP contribution in [0.1, 0.15) is 13.3 Å². The van der Waals surface area contributed by atoms with Crippen molar-refractivity contribution >= 4 is 5.97 Å². The van der Waals surface area contributed by atoms with Gasteiger partial charge in [-0.3, -0.25) is 0 Å². The summed E-state index contributed by atoms with van der Waals surface area (Å²) in [5, 5.41) is 0. The van der Waals surface area contributed by atoms with E-state index < -0.39 is 36.4 Å². The second kappa shape index (κ2) is 5.11. The number of esters is 1. The van der Waals surface area contributed by atoms with E-state index in [1.807, 2.05) is 0 Å². The summed E-state index contributed by atoms with van der Waals surface area (Å²) in [6.07, 6.45) is -13.1. The minimum atomic E-state index is -5.85. The topological polar surface area (TPSA) is 26.3 Å². The van der Waals surface area contributed by atoms with Gasteiger partial charge < -0.3 is 4.74 Å². The molecule has 0 rings (SSSR count). The van der Waals surface area contributed by atoms with Gasteiger partial charge in [-0.1, -0.05) is 6.08 Å². The number of allylic oxidation sites excluding steroid dienone is 1. The smallest absolute Gasteiger partial charge is 0.369 e. The summed E-state index contributed by atoms with van der Waals surface area (Å²) in [4.78, 5) is 10.6. The predicted octanol–water partition coefficient (Wildman–Crippen LogP) is 3.58. The fourth-order valence-corrected chi connectivity index (χ4v) is 0.666. The van der Waals surface area contributed by atoms with E-state index in [4.69, 9.17) is 0 Å². The van der Waals surface area contributed by atoms with Crippen molar-refractivity contribution in [3.05, 3.63) is 11.6 Å². The lowest BCUT2D eigenvalue weighted by atomic mass is 10.1. The lowest BCUT2D eigenvalue weighted by molar-refractivity contribution is -0.303. The number of rotatable bonds is 3. The summed E-state index contributed by atoms with van der Waals surface area (Å²) in [6, 6.07) is 0. The van der Waals surface area contributed by atoms with Gasteiger partial charge in [-0.2, -0.15) is 22.0 Å². The molecule has 0 saturated heterocycles. The molecule has 2 nitrogen and oxygen atoms in total. The zero-order valence-corrected chi connectivity index (χ0v) is 8.62. The molecule has 0 heterocycles. The molecule has 0 aromatic carbocycles. The summed E-state index contributed by atoms with van der Waals surface area (Å²) in [5.74, 6) is -7.17. The van der Waals surface area contributed by atoms with E-state index in [0.717, 1.165) is 0 Å². The van der Waals surface area contributed by atoms with E-state index in [-0.39, 0.29) is 6.08 Å². The maximum atomic E-state index is 12.3. The summed E-state index contributed by atoms with van der Waals surface area (Å²) in [5.41, 5.74) is -1.00. The Hall–Kier alpha value is -1.35. The molecule has 10 heteroatoms. The van der Waals surface area contributed by atoms with Crippen molar-refractivity contribution in [2.45, 2.75) is 31.8 Å². The third kappa shape index (κ3) is 5.32. The highest BCUT2D eigenvalue weighted by atomic mass is 19.4. The van der Waals surface area contributed by atoms with E-state index in [1.165, 1.54) is 0 Å². The Morgan fingerprint density at radius 2 is 1.50 bits per heavy atom. The third-order valence-corrected chi connectivity index (χ3v) is 1.61. The number of carbonyl (C=O) groups excluding carboxylic acids is 1. The van der Waals surface area contributed by atoms with Crippen LogP contribution >= 0.6 is 0 Å². The first kappa shape index (κ1) is 16.6. The van der Waals surface area contributed by atoms with Gasteiger partial charge in [-0.15, -0.1) is 13.2 Å². The van der Waals surface area contributed by atoms with Gasteiger partial charge in [0, 0.05) is 12.0 Å². The maximum Gasteiger partial charge on any atom is 0.575 e. The molecule has 106 valence electrons. The molecule has 0 unspecified atom stereocenters. The predicted molar refractivity (Wildman–Crippen MR) is 41.5 cm³/mol. The molecular weight excluding hydrogens is 280 g/mol. The van der Waals surface area contributed by atoms with Crippen LogP contribution in [0, 0.1) is 0 Å². The highest BCUT2D eigenvalue weighted by Gasteiger charge is 2.56. The number of hydrogen-bond acceptors (Lipinski definition) is 2. The average Bonchev–Trinajstić information content (AvgIpc) is 2.09. The van der Waals surface area contributed by atoms with E-state index >= 15 is 0 Å². The SMILES string of the molecule is CC(=CCC(F)(F)C(F)(F)F)C(=O)OC(F)(F)F. The van der Waals surface area contributed by atoms with Crippen LogP contribution in [0.4, 0.5) is 35.1 Å². The Morgan fingerprint density at radius 1 is 1.06 bits per heavy atom. The highest BCUT2D eigenvalue weighted by molar-refractivity contribution is 5.87. The van der Waals surface area contributed by atoms with Gasteiger partial charge in [0.05, 0.1) is 0 Å². The van der Waals surface area contributed by atoms with Crippen LogP contribution in [-0.4, -0.2) is 24.4 Å². The standard InChI is InChI=1S/C8H6F8O2/c1-4(5(17)18-8(14,15)16)2-3-6(9,10)7(11,12)13/h2H,3H2,1H3. The summed E-state index contributed by atoms with van der Waals surface area (Å²) < 4.78 is 97.1. The summed E-state index contributed by atoms with van der Waals surface area (Å²) >= 11 is 0. The fourth-order valence-electron chi connectivity index (χ4n) is 0.666. The Kier molecular flexibility index (Phi) is 4.72. The van der Waals surface area contributed by atoms with Gasteiger partial charge in [0.2, 0.25) is 0 Å². The van der Waals surface area contributed by atoms with Gasteiger partial charge in [0.1, 0.15) is 0 Å². The molecule has 0 saturated carbocycles. The van der Waals surface area contributed by atoms with Gasteiger partial charge in [-0.25, -0.2) is 4.79 Å². The number of carbonyl (C=O) groups is 1. The van der Waals surface area contributed by atoms with Crippen molar-refractivity contribution < 1.29 is 44.7 Å². The average molecular weight is 286 g/mol. The fraction of sp³-hybridized carbons (Fsp3) is 0.625. The van der Waals surface area contributed by atoms with Crippen LogP contribution in [0.2, 0.25) is 0 Å². The van der Waals surface area contributed by atoms with Crippen LogP contribution in [0.15, 0.2) is 11.6 Å². The van der Waals surface area contributed by atoms with Crippen LogP contribution in [0.5, 0.6) is 0 Å². The van der Waals surface area contributed by atoms with Gasteiger partial charge >= 0.3 is 24.4 Å². The monoisotopic (exact) mass is 286 g/mol. The van der Waals surface area contributed by atoms with Crippen molar-refractivity contribution in [1.29, 1.82) is 0 Å². The molecule has 0 aromatic rings. The van der Waals surface area contributed by atoms with Crippen LogP contribution < -0.4 is 0 Å². The molecule has 0 aliphatic heterocycles. The quantitative estimate of drug-likeness (QED) is 0.450. The molecule has 0 aliphatic carbocycles. The summed E-state index contributed by atoms with van der Waals surface area (Å²) in [7, 11) is 0. The zero-order chi connectivity index (χ0) is 14.8. The molecule has 18 heavy (non-hydrogen) atoms. The van der Waals surface area contributed by atoms with Gasteiger partial charge in [0.25, 0.3) is 0 Å². The minimum absolute atomic E-state index is 0.0293. The van der Waals surface area contributed by atoms with Crippen molar-refractivity contribution in [1.82, 2.24) is 0 Å². The Labute approximate surface area is 95.2 Å². The van der Waals surface area contributed by atoms with E-state index in [2.05, 4.69) is 4.74 Å². The van der Waals surface area contributed by atoms with Crippen molar-refractivity contribution in [2.24, 2.45) is 0 Å². The Morgan fingerprint density at radius 3 is 1.83 bits per heavy atom.